The molecule has 2 heterocycles. The Morgan fingerprint density at radius 1 is 1.06 bits per heavy atom. The van der Waals surface area contributed by atoms with Crippen molar-refractivity contribution in [2.45, 2.75) is 39.2 Å². The third-order valence-corrected chi connectivity index (χ3v) is 7.46. The molecule has 1 aliphatic carbocycles. The number of nitrogens with one attached hydrogen (secondary N) is 3. The number of fused-ring (bicyclic) bond motifs is 1. The molecule has 2 aromatic heterocycles. The van der Waals surface area contributed by atoms with E-state index in [1.54, 1.807) is 12.1 Å². The van der Waals surface area contributed by atoms with Gasteiger partial charge in [-0.1, -0.05) is 42.5 Å². The number of benzene rings is 2. The molecule has 0 bridgehead atoms. The number of hydrogen-bond donors (Lipinski definition) is 4. The summed E-state index contributed by atoms with van der Waals surface area (Å²) in [5, 5.41) is 23.8. The number of aromatic hydroxyl groups is 1. The standard InChI is InChI=1S/C27H26N4O3S/c1-16-8-7-12-18(24(16)32)20-14-21(31-30-20)25(33)29-27-23(19-11-5-6-13-22(19)35-27)26(34)28-15-17-9-3-2-4-10-17/h2-4,7-10,12,14,32H,5-6,11,13,15H2,1H3,(H,28,34)(H,29,33)(H,30,31). The number of rotatable bonds is 6. The molecule has 8 heteroatoms. The van der Waals surface area contributed by atoms with Crippen molar-refractivity contribution in [3.05, 3.63) is 87.4 Å². The molecule has 1 aliphatic rings. The Morgan fingerprint density at radius 3 is 2.69 bits per heavy atom. The second kappa shape index (κ2) is 9.76. The molecule has 2 amide bonds. The fraction of sp³-hybridized carbons (Fsp3) is 0.222. The van der Waals surface area contributed by atoms with Crippen LogP contribution in [-0.4, -0.2) is 27.1 Å². The van der Waals surface area contributed by atoms with E-state index in [4.69, 9.17) is 0 Å². The zero-order valence-electron chi connectivity index (χ0n) is 19.4. The number of anilines is 1. The molecule has 4 N–H and O–H groups in total. The summed E-state index contributed by atoms with van der Waals surface area (Å²) >= 11 is 1.48. The van der Waals surface area contributed by atoms with Gasteiger partial charge in [-0.15, -0.1) is 11.3 Å². The van der Waals surface area contributed by atoms with Crippen molar-refractivity contribution in [3.8, 4) is 17.0 Å². The summed E-state index contributed by atoms with van der Waals surface area (Å²) in [6, 6.07) is 16.7. The Bertz CT molecular complexity index is 1390. The van der Waals surface area contributed by atoms with Crippen molar-refractivity contribution < 1.29 is 14.7 Å². The van der Waals surface area contributed by atoms with Crippen LogP contribution >= 0.6 is 11.3 Å². The molecular formula is C27H26N4O3S. The molecule has 0 radical (unpaired) electrons. The number of thiophene rings is 1. The SMILES string of the molecule is Cc1cccc(-c2cc(C(=O)Nc3sc4c(c3C(=O)NCc3ccccc3)CCCC4)[nH]n2)c1O. The van der Waals surface area contributed by atoms with Gasteiger partial charge in [0.2, 0.25) is 0 Å². The van der Waals surface area contributed by atoms with Gasteiger partial charge in [0, 0.05) is 17.0 Å². The second-order valence-corrected chi connectivity index (χ2v) is 9.78. The Hall–Kier alpha value is -3.91. The molecule has 0 fully saturated rings. The molecule has 0 atom stereocenters. The summed E-state index contributed by atoms with van der Waals surface area (Å²) in [4.78, 5) is 27.5. The summed E-state index contributed by atoms with van der Waals surface area (Å²) in [5.74, 6) is -0.431. The molecule has 5 rings (SSSR count). The number of aromatic amines is 1. The van der Waals surface area contributed by atoms with Crippen LogP contribution in [0.25, 0.3) is 11.3 Å². The zero-order valence-corrected chi connectivity index (χ0v) is 20.2. The van der Waals surface area contributed by atoms with Crippen LogP contribution in [0.4, 0.5) is 5.00 Å². The Morgan fingerprint density at radius 2 is 1.86 bits per heavy atom. The van der Waals surface area contributed by atoms with Crippen molar-refractivity contribution in [2.75, 3.05) is 5.32 Å². The van der Waals surface area contributed by atoms with Crippen molar-refractivity contribution in [3.63, 3.8) is 0 Å². The van der Waals surface area contributed by atoms with Crippen molar-refractivity contribution >= 4 is 28.2 Å². The normalized spacial score (nSPS) is 12.7. The fourth-order valence-electron chi connectivity index (χ4n) is 4.37. The summed E-state index contributed by atoms with van der Waals surface area (Å²) in [5.41, 5.74) is 4.62. The van der Waals surface area contributed by atoms with Gasteiger partial charge in [-0.05, 0) is 61.4 Å². The minimum Gasteiger partial charge on any atom is -0.507 e. The number of H-pyrrole nitrogens is 1. The van der Waals surface area contributed by atoms with Gasteiger partial charge < -0.3 is 15.7 Å². The van der Waals surface area contributed by atoms with E-state index in [0.717, 1.165) is 47.3 Å². The summed E-state index contributed by atoms with van der Waals surface area (Å²) in [6.45, 7) is 2.23. The topological polar surface area (TPSA) is 107 Å². The summed E-state index contributed by atoms with van der Waals surface area (Å²) in [6.07, 6.45) is 3.85. The Balaban J connectivity index is 1.39. The lowest BCUT2D eigenvalue weighted by atomic mass is 9.95. The predicted octanol–water partition coefficient (Wildman–Crippen LogP) is 5.21. The van der Waals surface area contributed by atoms with E-state index < -0.39 is 0 Å². The highest BCUT2D eigenvalue weighted by atomic mass is 32.1. The molecule has 0 saturated carbocycles. The lowest BCUT2D eigenvalue weighted by molar-refractivity contribution is 0.0951. The average Bonchev–Trinajstić information content (AvgIpc) is 3.50. The molecule has 7 nitrogen and oxygen atoms in total. The molecule has 4 aromatic rings. The maximum atomic E-state index is 13.2. The van der Waals surface area contributed by atoms with E-state index in [1.807, 2.05) is 49.4 Å². The maximum absolute atomic E-state index is 13.2. The van der Waals surface area contributed by atoms with Gasteiger partial charge in [0.15, 0.2) is 0 Å². The number of carbonyl (C=O) groups excluding carboxylic acids is 2. The zero-order chi connectivity index (χ0) is 24.4. The molecule has 178 valence electrons. The number of para-hydroxylation sites is 1. The van der Waals surface area contributed by atoms with Crippen molar-refractivity contribution in [1.29, 1.82) is 0 Å². The molecule has 0 saturated heterocycles. The smallest absolute Gasteiger partial charge is 0.274 e. The van der Waals surface area contributed by atoms with E-state index in [9.17, 15) is 14.7 Å². The number of amides is 2. The summed E-state index contributed by atoms with van der Waals surface area (Å²) in [7, 11) is 0. The van der Waals surface area contributed by atoms with Crippen LogP contribution in [0.1, 0.15) is 55.3 Å². The summed E-state index contributed by atoms with van der Waals surface area (Å²) < 4.78 is 0. The Kier molecular flexibility index (Phi) is 6.37. The lowest BCUT2D eigenvalue weighted by Gasteiger charge is -2.13. The first-order chi connectivity index (χ1) is 17.0. The predicted molar refractivity (Wildman–Crippen MR) is 137 cm³/mol. The number of phenolic OH excluding ortho intramolecular Hbond substituents is 1. The monoisotopic (exact) mass is 486 g/mol. The van der Waals surface area contributed by atoms with Crippen LogP contribution in [-0.2, 0) is 19.4 Å². The molecular weight excluding hydrogens is 460 g/mol. The van der Waals surface area contributed by atoms with E-state index in [-0.39, 0.29) is 23.3 Å². The van der Waals surface area contributed by atoms with Crippen LogP contribution in [0.5, 0.6) is 5.75 Å². The van der Waals surface area contributed by atoms with Crippen LogP contribution < -0.4 is 10.6 Å². The highest BCUT2D eigenvalue weighted by Gasteiger charge is 2.27. The quantitative estimate of drug-likeness (QED) is 0.300. The van der Waals surface area contributed by atoms with Crippen molar-refractivity contribution in [1.82, 2.24) is 15.5 Å². The van der Waals surface area contributed by atoms with Gasteiger partial charge in [0.1, 0.15) is 16.4 Å². The molecule has 35 heavy (non-hydrogen) atoms. The van der Waals surface area contributed by atoms with Crippen LogP contribution in [0.2, 0.25) is 0 Å². The van der Waals surface area contributed by atoms with Gasteiger partial charge in [0.05, 0.1) is 11.3 Å². The molecule has 0 unspecified atom stereocenters. The number of phenols is 1. The first-order valence-corrected chi connectivity index (χ1v) is 12.5. The van der Waals surface area contributed by atoms with E-state index in [0.29, 0.717) is 28.4 Å². The highest BCUT2D eigenvalue weighted by Crippen LogP contribution is 2.38. The third kappa shape index (κ3) is 4.70. The number of hydrogen-bond acceptors (Lipinski definition) is 5. The van der Waals surface area contributed by atoms with Gasteiger partial charge in [0.25, 0.3) is 11.8 Å². The average molecular weight is 487 g/mol. The van der Waals surface area contributed by atoms with E-state index in [1.165, 1.54) is 11.3 Å². The van der Waals surface area contributed by atoms with Gasteiger partial charge in [-0.25, -0.2) is 0 Å². The number of nitrogens with zero attached hydrogens (tertiary/aromatic N) is 1. The number of aromatic nitrogens is 2. The number of carbonyl (C=O) groups is 2. The Labute approximate surface area is 207 Å². The molecule has 2 aromatic carbocycles. The molecule has 0 aliphatic heterocycles. The van der Waals surface area contributed by atoms with Crippen molar-refractivity contribution in [2.24, 2.45) is 0 Å². The number of aryl methyl sites for hydroxylation is 2. The first-order valence-electron chi connectivity index (χ1n) is 11.6. The lowest BCUT2D eigenvalue weighted by Crippen LogP contribution is -2.25. The van der Waals surface area contributed by atoms with Crippen LogP contribution in [0, 0.1) is 6.92 Å². The maximum Gasteiger partial charge on any atom is 0.274 e. The van der Waals surface area contributed by atoms with Crippen LogP contribution in [0.3, 0.4) is 0 Å². The van der Waals surface area contributed by atoms with E-state index >= 15 is 0 Å². The van der Waals surface area contributed by atoms with Crippen LogP contribution in [0.15, 0.2) is 54.6 Å². The van der Waals surface area contributed by atoms with E-state index in [2.05, 4.69) is 20.8 Å². The first kappa shape index (κ1) is 22.9. The molecule has 0 spiro atoms. The van der Waals surface area contributed by atoms with Gasteiger partial charge in [-0.2, -0.15) is 5.10 Å². The minimum absolute atomic E-state index is 0.134. The van der Waals surface area contributed by atoms with Gasteiger partial charge >= 0.3 is 0 Å². The largest absolute Gasteiger partial charge is 0.507 e. The fourth-order valence-corrected chi connectivity index (χ4v) is 5.65. The third-order valence-electron chi connectivity index (χ3n) is 6.26. The second-order valence-electron chi connectivity index (χ2n) is 8.68. The highest BCUT2D eigenvalue weighted by molar-refractivity contribution is 7.17. The van der Waals surface area contributed by atoms with Gasteiger partial charge in [-0.3, -0.25) is 14.7 Å². The minimum atomic E-state index is -0.383.